The molecule has 0 aromatic heterocycles. The zero-order valence-electron chi connectivity index (χ0n) is 2.62. The first kappa shape index (κ1) is 17.2. The number of hydrogen-bond donors (Lipinski definition) is 0. The molecular weight excluding hydrogens is 129 g/mol. The van der Waals surface area contributed by atoms with E-state index in [2.05, 4.69) is 0 Å². The van der Waals surface area contributed by atoms with Gasteiger partial charge in [-0.15, -0.1) is 0 Å². The second-order valence-corrected chi connectivity index (χ2v) is 0.224. The summed E-state index contributed by atoms with van der Waals surface area (Å²) in [6.07, 6.45) is 0. The molecule has 0 bridgehead atoms. The summed E-state index contributed by atoms with van der Waals surface area (Å²) < 4.78 is 0. The van der Waals surface area contributed by atoms with Crippen molar-refractivity contribution in [3.05, 3.63) is 15.3 Å². The van der Waals surface area contributed by atoms with E-state index in [-0.39, 0.29) is 24.0 Å². The van der Waals surface area contributed by atoms with Gasteiger partial charge in [0.1, 0.15) is 0 Å². The summed E-state index contributed by atoms with van der Waals surface area (Å²) in [5.41, 5.74) is 0. The van der Waals surface area contributed by atoms with E-state index >= 15 is 0 Å². The van der Waals surface area contributed by atoms with Crippen molar-refractivity contribution < 1.29 is 29.1 Å². The van der Waals surface area contributed by atoms with Crippen molar-refractivity contribution in [1.82, 2.24) is 0 Å². The van der Waals surface area contributed by atoms with E-state index in [4.69, 9.17) is 15.3 Å². The van der Waals surface area contributed by atoms with Gasteiger partial charge in [-0.2, -0.15) is 0 Å². The van der Waals surface area contributed by atoms with Gasteiger partial charge in [0.2, 0.25) is 0 Å². The molecule has 0 rings (SSSR count). The molecule has 0 amide bonds. The number of rotatable bonds is 0. The molecular formula is H2NO4V-. The van der Waals surface area contributed by atoms with Crippen LogP contribution in [0, 0.1) is 15.3 Å². The quantitative estimate of drug-likeness (QED) is 0.309. The van der Waals surface area contributed by atoms with Gasteiger partial charge in [0.25, 0.3) is 0 Å². The maximum atomic E-state index is 8.25. The van der Waals surface area contributed by atoms with Crippen LogP contribution in [-0.4, -0.2) is 10.6 Å². The fraction of sp³-hybridized carbons (Fsp3) is 0. The van der Waals surface area contributed by atoms with Crippen LogP contribution in [0.2, 0.25) is 0 Å². The summed E-state index contributed by atoms with van der Waals surface area (Å²) in [5.74, 6) is 0. The molecule has 6 heteroatoms. The first-order chi connectivity index (χ1) is 1.73. The van der Waals surface area contributed by atoms with Gasteiger partial charge in [-0.25, -0.2) is 0 Å². The maximum Gasteiger partial charge on any atom is 0.0689 e. The SMILES string of the molecule is O.O=[N+]([O-])[O-].[V]. The Morgan fingerprint density at radius 1 is 1.33 bits per heavy atom. The van der Waals surface area contributed by atoms with Crippen molar-refractivity contribution in [2.45, 2.75) is 0 Å². The van der Waals surface area contributed by atoms with Gasteiger partial charge in [0, 0.05) is 18.6 Å². The standard InChI is InChI=1S/NO3.H2O.V/c2-1(3)4;;/h;1H2;/q-1;;. The third-order valence-electron chi connectivity index (χ3n) is 0. The van der Waals surface area contributed by atoms with Crippen LogP contribution < -0.4 is 0 Å². The van der Waals surface area contributed by atoms with E-state index in [1.807, 2.05) is 0 Å². The molecule has 0 spiro atoms. The molecule has 0 saturated carbocycles. The Morgan fingerprint density at radius 3 is 1.33 bits per heavy atom. The fourth-order valence-electron chi connectivity index (χ4n) is 0. The zero-order chi connectivity index (χ0) is 3.58. The molecule has 1 radical (unpaired) electrons. The van der Waals surface area contributed by atoms with E-state index in [9.17, 15) is 0 Å². The molecule has 0 fully saturated rings. The van der Waals surface area contributed by atoms with E-state index in [1.165, 1.54) is 0 Å². The van der Waals surface area contributed by atoms with Crippen molar-refractivity contribution in [3.8, 4) is 0 Å². The van der Waals surface area contributed by atoms with Crippen LogP contribution in [0.1, 0.15) is 0 Å². The summed E-state index contributed by atoms with van der Waals surface area (Å²) in [7, 11) is 0. The maximum absolute atomic E-state index is 8.25. The van der Waals surface area contributed by atoms with Crippen LogP contribution in [0.5, 0.6) is 0 Å². The fourth-order valence-corrected chi connectivity index (χ4v) is 0. The third kappa shape index (κ3) is 432. The Hall–Kier alpha value is -0.256. The van der Waals surface area contributed by atoms with Crippen molar-refractivity contribution >= 4 is 0 Å². The van der Waals surface area contributed by atoms with E-state index in [1.54, 1.807) is 0 Å². The predicted molar refractivity (Wildman–Crippen MR) is 14.0 cm³/mol. The molecule has 0 unspecified atom stereocenters. The van der Waals surface area contributed by atoms with E-state index in [0.29, 0.717) is 0 Å². The first-order valence-electron chi connectivity index (χ1n) is 0.548. The molecule has 0 aliphatic heterocycles. The predicted octanol–water partition coefficient (Wildman–Crippen LogP) is -1.07. The van der Waals surface area contributed by atoms with Crippen LogP contribution in [0.25, 0.3) is 0 Å². The Kier molecular flexibility index (Phi) is 25.3. The largest absolute Gasteiger partial charge is 0.412 e. The second-order valence-electron chi connectivity index (χ2n) is 0.224. The number of hydrogen-bond acceptors (Lipinski definition) is 3. The first-order valence-corrected chi connectivity index (χ1v) is 0.548. The summed E-state index contributed by atoms with van der Waals surface area (Å²) >= 11 is 0. The second kappa shape index (κ2) is 8.83. The summed E-state index contributed by atoms with van der Waals surface area (Å²) in [5, 5.41) is 14.8. The monoisotopic (exact) mass is 131 g/mol. The molecule has 0 aromatic carbocycles. The van der Waals surface area contributed by atoms with Gasteiger partial charge >= 0.3 is 0 Å². The average Bonchev–Trinajstić information content (AvgIpc) is 0.811. The Bertz CT molecular complexity index is 30.5. The molecule has 2 N–H and O–H groups in total. The molecule has 37 valence electrons. The Labute approximate surface area is 45.3 Å². The summed E-state index contributed by atoms with van der Waals surface area (Å²) in [4.78, 5) is 8.25. The van der Waals surface area contributed by atoms with Crippen molar-refractivity contribution in [1.29, 1.82) is 0 Å². The van der Waals surface area contributed by atoms with Gasteiger partial charge in [0.15, 0.2) is 0 Å². The van der Waals surface area contributed by atoms with Crippen LogP contribution in [-0.2, 0) is 18.6 Å². The van der Waals surface area contributed by atoms with Gasteiger partial charge in [0.05, 0.1) is 5.09 Å². The van der Waals surface area contributed by atoms with Crippen LogP contribution in [0.3, 0.4) is 0 Å². The van der Waals surface area contributed by atoms with Crippen LogP contribution >= 0.6 is 0 Å². The summed E-state index contributed by atoms with van der Waals surface area (Å²) in [6.45, 7) is 0. The number of nitrogens with zero attached hydrogens (tertiary/aromatic N) is 1. The van der Waals surface area contributed by atoms with Gasteiger partial charge in [-0.3, -0.25) is 0 Å². The minimum atomic E-state index is -1.75. The molecule has 0 atom stereocenters. The van der Waals surface area contributed by atoms with E-state index in [0.717, 1.165) is 0 Å². The molecule has 0 saturated heterocycles. The summed E-state index contributed by atoms with van der Waals surface area (Å²) in [6, 6.07) is 0. The molecule has 6 heavy (non-hydrogen) atoms. The topological polar surface area (TPSA) is 97.7 Å². The third-order valence-corrected chi connectivity index (χ3v) is 0. The Balaban J connectivity index is -0.0000000450. The van der Waals surface area contributed by atoms with Crippen molar-refractivity contribution in [2.75, 3.05) is 0 Å². The molecule has 0 aliphatic rings. The minimum Gasteiger partial charge on any atom is -0.412 e. The van der Waals surface area contributed by atoms with Crippen LogP contribution in [0.4, 0.5) is 0 Å². The molecule has 0 aromatic rings. The Morgan fingerprint density at radius 2 is 1.33 bits per heavy atom. The van der Waals surface area contributed by atoms with E-state index < -0.39 is 5.09 Å². The molecule has 0 heterocycles. The average molecular weight is 131 g/mol. The van der Waals surface area contributed by atoms with Gasteiger partial charge in [-0.05, 0) is 0 Å². The van der Waals surface area contributed by atoms with Gasteiger partial charge < -0.3 is 20.8 Å². The van der Waals surface area contributed by atoms with Crippen molar-refractivity contribution in [2.24, 2.45) is 0 Å². The van der Waals surface area contributed by atoms with Crippen LogP contribution in [0.15, 0.2) is 0 Å². The minimum absolute atomic E-state index is 0. The molecule has 5 nitrogen and oxygen atoms in total. The normalized spacial score (nSPS) is 4.00. The molecule has 0 aliphatic carbocycles. The smallest absolute Gasteiger partial charge is 0.0689 e. The van der Waals surface area contributed by atoms with Crippen molar-refractivity contribution in [3.63, 3.8) is 0 Å². The van der Waals surface area contributed by atoms with Gasteiger partial charge in [-0.1, -0.05) is 0 Å². The zero-order valence-corrected chi connectivity index (χ0v) is 4.02.